The Morgan fingerprint density at radius 2 is 1.89 bits per heavy atom. The van der Waals surface area contributed by atoms with Crippen LogP contribution in [0.15, 0.2) is 35.2 Å². The molecule has 1 rings (SSSR count). The van der Waals surface area contributed by atoms with Gasteiger partial charge in [0.25, 0.3) is 0 Å². The van der Waals surface area contributed by atoms with Crippen LogP contribution < -0.4 is 11.1 Å². The molecule has 0 fully saturated rings. The average molecular weight is 266 g/mol. The number of rotatable bonds is 7. The monoisotopic (exact) mass is 266 g/mol. The lowest BCUT2D eigenvalue weighted by Gasteiger charge is -2.31. The molecule has 0 aliphatic heterocycles. The molecule has 1 aromatic rings. The number of carbonyl (C=O) groups excluding carboxylic acids is 1. The highest BCUT2D eigenvalue weighted by atomic mass is 32.2. The molecule has 0 aromatic heterocycles. The summed E-state index contributed by atoms with van der Waals surface area (Å²) in [6.45, 7) is 4.60. The van der Waals surface area contributed by atoms with E-state index in [0.29, 0.717) is 12.3 Å². The van der Waals surface area contributed by atoms with E-state index in [1.165, 1.54) is 0 Å². The van der Waals surface area contributed by atoms with Gasteiger partial charge in [-0.25, -0.2) is 0 Å². The molecule has 0 unspecified atom stereocenters. The number of thioether (sulfide) groups is 1. The van der Waals surface area contributed by atoms with Crippen LogP contribution >= 0.6 is 11.8 Å². The Kier molecular flexibility index (Phi) is 6.22. The fourth-order valence-corrected chi connectivity index (χ4v) is 2.48. The van der Waals surface area contributed by atoms with Gasteiger partial charge in [-0.3, -0.25) is 4.79 Å². The summed E-state index contributed by atoms with van der Waals surface area (Å²) in [7, 11) is 0. The minimum Gasteiger partial charge on any atom is -0.349 e. The van der Waals surface area contributed by atoms with E-state index in [2.05, 4.69) is 19.2 Å². The van der Waals surface area contributed by atoms with Gasteiger partial charge in [0.05, 0.1) is 11.3 Å². The smallest absolute Gasteiger partial charge is 0.230 e. The van der Waals surface area contributed by atoms with Crippen molar-refractivity contribution in [2.45, 2.75) is 37.1 Å². The van der Waals surface area contributed by atoms with Gasteiger partial charge in [-0.2, -0.15) is 0 Å². The van der Waals surface area contributed by atoms with Gasteiger partial charge in [0, 0.05) is 11.4 Å². The molecular weight excluding hydrogens is 244 g/mol. The van der Waals surface area contributed by atoms with Crippen molar-refractivity contribution in [2.75, 3.05) is 12.3 Å². The Bertz CT molecular complexity index is 355. The van der Waals surface area contributed by atoms with Crippen LogP contribution in [0.1, 0.15) is 26.7 Å². The topological polar surface area (TPSA) is 55.1 Å². The van der Waals surface area contributed by atoms with Gasteiger partial charge in [-0.15, -0.1) is 11.8 Å². The van der Waals surface area contributed by atoms with Crippen molar-refractivity contribution in [3.05, 3.63) is 30.3 Å². The molecule has 3 nitrogen and oxygen atoms in total. The molecule has 0 saturated carbocycles. The van der Waals surface area contributed by atoms with Crippen molar-refractivity contribution in [1.29, 1.82) is 0 Å². The fourth-order valence-electron chi connectivity index (χ4n) is 1.76. The highest BCUT2D eigenvalue weighted by Gasteiger charge is 2.25. The van der Waals surface area contributed by atoms with Crippen molar-refractivity contribution in [2.24, 2.45) is 5.73 Å². The Morgan fingerprint density at radius 3 is 2.39 bits per heavy atom. The van der Waals surface area contributed by atoms with Crippen LogP contribution in [0.3, 0.4) is 0 Å². The maximum atomic E-state index is 11.9. The summed E-state index contributed by atoms with van der Waals surface area (Å²) in [5, 5.41) is 3.07. The molecule has 0 bridgehead atoms. The molecule has 3 N–H and O–H groups in total. The molecular formula is C14H22N2OS. The molecule has 4 heteroatoms. The van der Waals surface area contributed by atoms with Crippen molar-refractivity contribution in [3.63, 3.8) is 0 Å². The lowest BCUT2D eigenvalue weighted by molar-refractivity contribution is -0.120. The largest absolute Gasteiger partial charge is 0.349 e. The zero-order valence-corrected chi connectivity index (χ0v) is 11.9. The van der Waals surface area contributed by atoms with Gasteiger partial charge in [0.15, 0.2) is 0 Å². The standard InChI is InChI=1S/C14H22N2OS/c1-3-14(4-2,11-15)16-13(17)10-18-12-8-6-5-7-9-12/h5-9H,3-4,10-11,15H2,1-2H3,(H,16,17). The zero-order valence-electron chi connectivity index (χ0n) is 11.1. The lowest BCUT2D eigenvalue weighted by atomic mass is 9.93. The average Bonchev–Trinajstić information content (AvgIpc) is 2.44. The summed E-state index contributed by atoms with van der Waals surface area (Å²) < 4.78 is 0. The van der Waals surface area contributed by atoms with Gasteiger partial charge in [0.1, 0.15) is 0 Å². The first kappa shape index (κ1) is 15.1. The molecule has 0 spiro atoms. The second-order valence-corrected chi connectivity index (χ2v) is 5.39. The number of nitrogens with one attached hydrogen (secondary N) is 1. The normalized spacial score (nSPS) is 11.3. The molecule has 0 aliphatic carbocycles. The summed E-state index contributed by atoms with van der Waals surface area (Å²) >= 11 is 1.55. The predicted octanol–water partition coefficient (Wildman–Crippen LogP) is 2.41. The number of hydrogen-bond donors (Lipinski definition) is 2. The number of carbonyl (C=O) groups is 1. The molecule has 0 radical (unpaired) electrons. The van der Waals surface area contributed by atoms with Crippen LogP contribution in [0, 0.1) is 0 Å². The first-order valence-corrected chi connectivity index (χ1v) is 7.33. The Hall–Kier alpha value is -1.00. The minimum absolute atomic E-state index is 0.0537. The van der Waals surface area contributed by atoms with Crippen LogP contribution in [0.25, 0.3) is 0 Å². The Balaban J connectivity index is 2.46. The van der Waals surface area contributed by atoms with Gasteiger partial charge >= 0.3 is 0 Å². The maximum Gasteiger partial charge on any atom is 0.230 e. The third-order valence-electron chi connectivity index (χ3n) is 3.26. The number of hydrogen-bond acceptors (Lipinski definition) is 3. The van der Waals surface area contributed by atoms with E-state index in [1.54, 1.807) is 11.8 Å². The van der Waals surface area contributed by atoms with E-state index in [-0.39, 0.29) is 11.4 Å². The molecule has 0 aliphatic rings. The van der Waals surface area contributed by atoms with Crippen molar-refractivity contribution >= 4 is 17.7 Å². The maximum absolute atomic E-state index is 11.9. The number of benzene rings is 1. The van der Waals surface area contributed by atoms with E-state index in [4.69, 9.17) is 5.73 Å². The summed E-state index contributed by atoms with van der Waals surface area (Å²) in [5.74, 6) is 0.490. The second-order valence-electron chi connectivity index (χ2n) is 4.34. The molecule has 100 valence electrons. The molecule has 0 atom stereocenters. The van der Waals surface area contributed by atoms with Crippen molar-refractivity contribution < 1.29 is 4.79 Å². The van der Waals surface area contributed by atoms with Crippen LogP contribution in [-0.4, -0.2) is 23.7 Å². The van der Waals surface area contributed by atoms with Crippen LogP contribution in [0.5, 0.6) is 0 Å². The number of amides is 1. The molecule has 1 aromatic carbocycles. The van der Waals surface area contributed by atoms with Crippen LogP contribution in [-0.2, 0) is 4.79 Å². The zero-order chi connectivity index (χ0) is 13.4. The van der Waals surface area contributed by atoms with Gasteiger partial charge in [0.2, 0.25) is 5.91 Å². The fraction of sp³-hybridized carbons (Fsp3) is 0.500. The summed E-state index contributed by atoms with van der Waals surface area (Å²) in [4.78, 5) is 13.0. The molecule has 0 saturated heterocycles. The van der Waals surface area contributed by atoms with Gasteiger partial charge < -0.3 is 11.1 Å². The first-order chi connectivity index (χ1) is 8.65. The Morgan fingerprint density at radius 1 is 1.28 bits per heavy atom. The second kappa shape index (κ2) is 7.44. The van der Waals surface area contributed by atoms with Crippen molar-refractivity contribution in [1.82, 2.24) is 5.32 Å². The third kappa shape index (κ3) is 4.35. The summed E-state index contributed by atoms with van der Waals surface area (Å²) in [6, 6.07) is 9.93. The van der Waals surface area contributed by atoms with E-state index in [0.717, 1.165) is 17.7 Å². The molecule has 18 heavy (non-hydrogen) atoms. The molecule has 1 amide bonds. The van der Waals surface area contributed by atoms with Gasteiger partial charge in [-0.1, -0.05) is 32.0 Å². The summed E-state index contributed by atoms with van der Waals surface area (Å²) in [6.07, 6.45) is 1.73. The van der Waals surface area contributed by atoms with E-state index in [9.17, 15) is 4.79 Å². The van der Waals surface area contributed by atoms with E-state index < -0.39 is 0 Å². The van der Waals surface area contributed by atoms with E-state index >= 15 is 0 Å². The third-order valence-corrected chi connectivity index (χ3v) is 4.27. The van der Waals surface area contributed by atoms with Crippen LogP contribution in [0.4, 0.5) is 0 Å². The molecule has 0 heterocycles. The lowest BCUT2D eigenvalue weighted by Crippen LogP contribution is -2.53. The Labute approximate surface area is 114 Å². The van der Waals surface area contributed by atoms with Crippen LogP contribution in [0.2, 0.25) is 0 Å². The van der Waals surface area contributed by atoms with Crippen molar-refractivity contribution in [3.8, 4) is 0 Å². The highest BCUT2D eigenvalue weighted by molar-refractivity contribution is 8.00. The SMILES string of the molecule is CCC(CC)(CN)NC(=O)CSc1ccccc1. The van der Waals surface area contributed by atoms with Gasteiger partial charge in [-0.05, 0) is 25.0 Å². The highest BCUT2D eigenvalue weighted by Crippen LogP contribution is 2.18. The van der Waals surface area contributed by atoms with E-state index in [1.807, 2.05) is 30.3 Å². The summed E-state index contributed by atoms with van der Waals surface area (Å²) in [5.41, 5.74) is 5.52. The quantitative estimate of drug-likeness (QED) is 0.745. The predicted molar refractivity (Wildman–Crippen MR) is 77.7 cm³/mol. The first-order valence-electron chi connectivity index (χ1n) is 6.34. The number of nitrogens with two attached hydrogens (primary N) is 1. The minimum atomic E-state index is -0.242.